The van der Waals surface area contributed by atoms with Crippen molar-refractivity contribution in [2.24, 2.45) is 5.73 Å². The van der Waals surface area contributed by atoms with E-state index in [1.165, 1.54) is 0 Å². The van der Waals surface area contributed by atoms with Gasteiger partial charge in [-0.3, -0.25) is 14.5 Å². The number of imide groups is 1. The standard InChI is InChI=1S/C13H14F2N2O2/c1-7-3-4-8(2)10-9(7)11(18)17(12(10)19)6-13(14,15)5-16/h3-4H,5-6,16H2,1-2H3. The van der Waals surface area contributed by atoms with Crippen molar-refractivity contribution in [2.75, 3.05) is 13.1 Å². The van der Waals surface area contributed by atoms with Crippen LogP contribution in [0.25, 0.3) is 0 Å². The van der Waals surface area contributed by atoms with Gasteiger partial charge in [0.2, 0.25) is 0 Å². The highest BCUT2D eigenvalue weighted by atomic mass is 19.3. The fourth-order valence-corrected chi connectivity index (χ4v) is 2.16. The van der Waals surface area contributed by atoms with E-state index >= 15 is 0 Å². The van der Waals surface area contributed by atoms with Crippen LogP contribution in [0.5, 0.6) is 0 Å². The van der Waals surface area contributed by atoms with E-state index in [4.69, 9.17) is 5.73 Å². The number of aryl methyl sites for hydroxylation is 2. The molecule has 0 bridgehead atoms. The molecule has 4 nitrogen and oxygen atoms in total. The van der Waals surface area contributed by atoms with Crippen LogP contribution in [0.3, 0.4) is 0 Å². The quantitative estimate of drug-likeness (QED) is 0.845. The molecule has 1 aromatic rings. The van der Waals surface area contributed by atoms with E-state index in [2.05, 4.69) is 0 Å². The lowest BCUT2D eigenvalue weighted by molar-refractivity contribution is -0.0146. The smallest absolute Gasteiger partial charge is 0.277 e. The van der Waals surface area contributed by atoms with Gasteiger partial charge in [-0.15, -0.1) is 0 Å². The Hall–Kier alpha value is -1.82. The van der Waals surface area contributed by atoms with E-state index in [-0.39, 0.29) is 11.1 Å². The van der Waals surface area contributed by atoms with Crippen LogP contribution in [0.15, 0.2) is 12.1 Å². The molecule has 0 atom stereocenters. The fraction of sp³-hybridized carbons (Fsp3) is 0.385. The number of nitrogens with two attached hydrogens (primary N) is 1. The molecule has 0 radical (unpaired) electrons. The van der Waals surface area contributed by atoms with Crippen LogP contribution < -0.4 is 5.73 Å². The van der Waals surface area contributed by atoms with Gasteiger partial charge in [-0.05, 0) is 25.0 Å². The molecule has 2 rings (SSSR count). The number of rotatable bonds is 3. The number of hydrogen-bond acceptors (Lipinski definition) is 3. The minimum Gasteiger partial charge on any atom is -0.325 e. The highest BCUT2D eigenvalue weighted by Gasteiger charge is 2.43. The summed E-state index contributed by atoms with van der Waals surface area (Å²) in [7, 11) is 0. The Balaban J connectivity index is 2.45. The molecule has 0 aliphatic carbocycles. The Morgan fingerprint density at radius 1 is 1.11 bits per heavy atom. The molecule has 1 aromatic carbocycles. The van der Waals surface area contributed by atoms with Crippen LogP contribution in [0.4, 0.5) is 8.78 Å². The first kappa shape index (κ1) is 13.6. The van der Waals surface area contributed by atoms with E-state index in [9.17, 15) is 18.4 Å². The molecule has 19 heavy (non-hydrogen) atoms. The van der Waals surface area contributed by atoms with Gasteiger partial charge in [0.1, 0.15) is 0 Å². The summed E-state index contributed by atoms with van der Waals surface area (Å²) in [6.07, 6.45) is 0. The number of alkyl halides is 2. The zero-order valence-corrected chi connectivity index (χ0v) is 10.7. The van der Waals surface area contributed by atoms with Crippen molar-refractivity contribution < 1.29 is 18.4 Å². The number of amides is 2. The lowest BCUT2D eigenvalue weighted by Gasteiger charge is -2.20. The molecule has 0 aromatic heterocycles. The Labute approximate surface area is 109 Å². The first-order valence-corrected chi connectivity index (χ1v) is 5.83. The molecule has 102 valence electrons. The third-order valence-corrected chi connectivity index (χ3v) is 3.23. The Morgan fingerprint density at radius 3 is 1.89 bits per heavy atom. The number of carbonyl (C=O) groups excluding carboxylic acids is 2. The topological polar surface area (TPSA) is 63.4 Å². The summed E-state index contributed by atoms with van der Waals surface area (Å²) in [4.78, 5) is 24.8. The summed E-state index contributed by atoms with van der Waals surface area (Å²) in [5.41, 5.74) is 6.60. The van der Waals surface area contributed by atoms with Crippen LogP contribution in [-0.4, -0.2) is 35.7 Å². The molecule has 1 aliphatic rings. The second-order valence-corrected chi connectivity index (χ2v) is 4.71. The minimum absolute atomic E-state index is 0.220. The molecule has 2 N–H and O–H groups in total. The first-order valence-electron chi connectivity index (χ1n) is 5.83. The summed E-state index contributed by atoms with van der Waals surface area (Å²) < 4.78 is 26.6. The highest BCUT2D eigenvalue weighted by Crippen LogP contribution is 2.30. The third-order valence-electron chi connectivity index (χ3n) is 3.23. The number of halogens is 2. The van der Waals surface area contributed by atoms with Gasteiger partial charge < -0.3 is 5.73 Å². The van der Waals surface area contributed by atoms with Gasteiger partial charge in [0.15, 0.2) is 0 Å². The zero-order chi connectivity index (χ0) is 14.4. The molecule has 0 spiro atoms. The van der Waals surface area contributed by atoms with Gasteiger partial charge in [0.25, 0.3) is 17.7 Å². The van der Waals surface area contributed by atoms with E-state index in [0.717, 1.165) is 0 Å². The minimum atomic E-state index is -3.27. The van der Waals surface area contributed by atoms with E-state index < -0.39 is 30.8 Å². The predicted molar refractivity (Wildman–Crippen MR) is 65.3 cm³/mol. The first-order chi connectivity index (χ1) is 8.78. The van der Waals surface area contributed by atoms with Gasteiger partial charge in [-0.1, -0.05) is 12.1 Å². The predicted octanol–water partition coefficient (Wildman–Crippen LogP) is 1.49. The van der Waals surface area contributed by atoms with E-state index in [0.29, 0.717) is 16.0 Å². The van der Waals surface area contributed by atoms with Crippen LogP contribution in [0.2, 0.25) is 0 Å². The monoisotopic (exact) mass is 268 g/mol. The lowest BCUT2D eigenvalue weighted by Crippen LogP contribution is -2.44. The molecule has 0 saturated carbocycles. The van der Waals surface area contributed by atoms with Crippen molar-refractivity contribution in [3.63, 3.8) is 0 Å². The van der Waals surface area contributed by atoms with Crippen LogP contribution in [0, 0.1) is 13.8 Å². The second kappa shape index (κ2) is 4.38. The van der Waals surface area contributed by atoms with Gasteiger partial charge in [-0.2, -0.15) is 0 Å². The van der Waals surface area contributed by atoms with Gasteiger partial charge in [0, 0.05) is 0 Å². The largest absolute Gasteiger partial charge is 0.325 e. The Kier molecular flexibility index (Phi) is 3.14. The molecule has 0 unspecified atom stereocenters. The normalized spacial score (nSPS) is 15.1. The number of nitrogens with zero attached hydrogens (tertiary/aromatic N) is 1. The van der Waals surface area contributed by atoms with Gasteiger partial charge >= 0.3 is 0 Å². The maximum atomic E-state index is 13.3. The number of carbonyl (C=O) groups is 2. The summed E-state index contributed by atoms with van der Waals surface area (Å²) in [5.74, 6) is -4.61. The van der Waals surface area contributed by atoms with Gasteiger partial charge in [-0.25, -0.2) is 8.78 Å². The number of fused-ring (bicyclic) bond motifs is 1. The molecule has 0 fully saturated rings. The van der Waals surface area contributed by atoms with Crippen molar-refractivity contribution >= 4 is 11.8 Å². The molecular weight excluding hydrogens is 254 g/mol. The molecular formula is C13H14F2N2O2. The Morgan fingerprint density at radius 2 is 1.53 bits per heavy atom. The maximum absolute atomic E-state index is 13.3. The van der Waals surface area contributed by atoms with Crippen LogP contribution in [-0.2, 0) is 0 Å². The van der Waals surface area contributed by atoms with Gasteiger partial charge in [0.05, 0.1) is 24.2 Å². The molecule has 2 amide bonds. The third kappa shape index (κ3) is 2.12. The summed E-state index contributed by atoms with van der Waals surface area (Å²) >= 11 is 0. The van der Waals surface area contributed by atoms with Crippen molar-refractivity contribution in [1.82, 2.24) is 4.90 Å². The summed E-state index contributed by atoms with van der Waals surface area (Å²) in [5, 5.41) is 0. The molecule has 1 heterocycles. The van der Waals surface area contributed by atoms with Crippen LogP contribution in [0.1, 0.15) is 31.8 Å². The van der Waals surface area contributed by atoms with E-state index in [1.54, 1.807) is 26.0 Å². The zero-order valence-electron chi connectivity index (χ0n) is 10.7. The maximum Gasteiger partial charge on any atom is 0.277 e. The van der Waals surface area contributed by atoms with Crippen LogP contribution >= 0.6 is 0 Å². The SMILES string of the molecule is Cc1ccc(C)c2c1C(=O)N(CC(F)(F)CN)C2=O. The number of benzene rings is 1. The summed E-state index contributed by atoms with van der Waals surface area (Å²) in [6.45, 7) is 1.47. The average molecular weight is 268 g/mol. The van der Waals surface area contributed by atoms with Crippen molar-refractivity contribution in [1.29, 1.82) is 0 Å². The summed E-state index contributed by atoms with van der Waals surface area (Å²) in [6, 6.07) is 3.40. The van der Waals surface area contributed by atoms with Crippen molar-refractivity contribution in [3.05, 3.63) is 34.4 Å². The average Bonchev–Trinajstić information content (AvgIpc) is 2.59. The molecule has 0 saturated heterocycles. The van der Waals surface area contributed by atoms with Crippen molar-refractivity contribution in [3.8, 4) is 0 Å². The lowest BCUT2D eigenvalue weighted by atomic mass is 9.99. The second-order valence-electron chi connectivity index (χ2n) is 4.71. The highest BCUT2D eigenvalue weighted by molar-refractivity contribution is 6.22. The molecule has 6 heteroatoms. The fourth-order valence-electron chi connectivity index (χ4n) is 2.16. The van der Waals surface area contributed by atoms with E-state index in [1.807, 2.05) is 0 Å². The Bertz CT molecular complexity index is 529. The number of hydrogen-bond donors (Lipinski definition) is 1. The van der Waals surface area contributed by atoms with Crippen molar-refractivity contribution in [2.45, 2.75) is 19.8 Å². The molecule has 1 aliphatic heterocycles.